The van der Waals surface area contributed by atoms with Crippen molar-refractivity contribution in [3.8, 4) is 0 Å². The molecule has 1 N–H and O–H groups in total. The number of esters is 1. The second-order valence-corrected chi connectivity index (χ2v) is 13.3. The lowest BCUT2D eigenvalue weighted by Crippen LogP contribution is -2.62. The van der Waals surface area contributed by atoms with Crippen LogP contribution in [0.1, 0.15) is 119 Å². The van der Waals surface area contributed by atoms with Crippen LogP contribution in [0.5, 0.6) is 0 Å². The van der Waals surface area contributed by atoms with Gasteiger partial charge in [-0.05, 0) is 104 Å². The second-order valence-electron chi connectivity index (χ2n) is 13.3. The summed E-state index contributed by atoms with van der Waals surface area (Å²) in [4.78, 5) is 11.5. The molecule has 0 spiro atoms. The molecule has 4 saturated carbocycles. The summed E-state index contributed by atoms with van der Waals surface area (Å²) in [7, 11) is 0. The Labute approximate surface area is 197 Å². The molecule has 0 radical (unpaired) electrons. The number of aliphatic hydroxyl groups is 1. The molecule has 4 aliphatic rings. The van der Waals surface area contributed by atoms with Gasteiger partial charge in [-0.25, -0.2) is 0 Å². The molecule has 3 nitrogen and oxygen atoms in total. The first-order chi connectivity index (χ1) is 15.0. The van der Waals surface area contributed by atoms with E-state index in [0.29, 0.717) is 29.1 Å². The third kappa shape index (κ3) is 3.97. The smallest absolute Gasteiger partial charge is 0.302 e. The Morgan fingerprint density at radius 3 is 2.41 bits per heavy atom. The zero-order valence-electron chi connectivity index (χ0n) is 21.8. The van der Waals surface area contributed by atoms with E-state index in [0.717, 1.165) is 43.9 Å². The quantitative estimate of drug-likeness (QED) is 0.440. The van der Waals surface area contributed by atoms with Gasteiger partial charge in [-0.1, -0.05) is 53.9 Å². The van der Waals surface area contributed by atoms with Crippen molar-refractivity contribution < 1.29 is 14.6 Å². The number of ether oxygens (including phenoxy) is 1. The third-order valence-corrected chi connectivity index (χ3v) is 11.3. The maximum atomic E-state index is 12.4. The molecule has 0 aromatic rings. The molecule has 0 aromatic carbocycles. The van der Waals surface area contributed by atoms with Crippen LogP contribution in [0, 0.1) is 46.3 Å². The lowest BCUT2D eigenvalue weighted by molar-refractivity contribution is -0.214. The van der Waals surface area contributed by atoms with E-state index in [2.05, 4.69) is 34.6 Å². The highest BCUT2D eigenvalue weighted by Crippen LogP contribution is 2.70. The molecule has 4 fully saturated rings. The molecule has 184 valence electrons. The van der Waals surface area contributed by atoms with E-state index < -0.39 is 5.60 Å². The van der Waals surface area contributed by atoms with Crippen molar-refractivity contribution in [1.29, 1.82) is 0 Å². The summed E-state index contributed by atoms with van der Waals surface area (Å²) < 4.78 is 5.63. The first kappa shape index (κ1) is 24.6. The normalized spacial score (nSPS) is 46.8. The lowest BCUT2D eigenvalue weighted by Gasteiger charge is -2.64. The zero-order chi connectivity index (χ0) is 23.3. The molecular formula is C29H50O3. The number of carbonyl (C=O) groups excluding carboxylic acids is 1. The van der Waals surface area contributed by atoms with E-state index in [1.54, 1.807) is 6.92 Å². The summed E-state index contributed by atoms with van der Waals surface area (Å²) in [6.45, 7) is 13.7. The molecule has 0 aliphatic heterocycles. The summed E-state index contributed by atoms with van der Waals surface area (Å²) in [5.74, 6) is 3.78. The zero-order valence-corrected chi connectivity index (χ0v) is 21.8. The van der Waals surface area contributed by atoms with Gasteiger partial charge >= 0.3 is 5.97 Å². The third-order valence-electron chi connectivity index (χ3n) is 11.3. The van der Waals surface area contributed by atoms with Crippen LogP contribution in [0.3, 0.4) is 0 Å². The molecule has 0 amide bonds. The fourth-order valence-corrected chi connectivity index (χ4v) is 9.53. The van der Waals surface area contributed by atoms with Crippen LogP contribution >= 0.6 is 0 Å². The minimum absolute atomic E-state index is 0.0869. The maximum absolute atomic E-state index is 12.4. The number of carbonyl (C=O) groups is 1. The van der Waals surface area contributed by atoms with Gasteiger partial charge in [-0.3, -0.25) is 4.79 Å². The molecule has 0 unspecified atom stereocenters. The number of rotatable bonds is 6. The van der Waals surface area contributed by atoms with Crippen molar-refractivity contribution in [1.82, 2.24) is 0 Å². The predicted octanol–water partition coefficient (Wildman–Crippen LogP) is 7.15. The molecule has 32 heavy (non-hydrogen) atoms. The van der Waals surface area contributed by atoms with Gasteiger partial charge in [0.25, 0.3) is 0 Å². The van der Waals surface area contributed by atoms with Crippen LogP contribution in [0.15, 0.2) is 0 Å². The molecule has 4 rings (SSSR count). The molecule has 3 heteroatoms. The monoisotopic (exact) mass is 446 g/mol. The Morgan fingerprint density at radius 1 is 0.969 bits per heavy atom. The van der Waals surface area contributed by atoms with E-state index in [1.807, 2.05) is 0 Å². The minimum atomic E-state index is -0.479. The van der Waals surface area contributed by atoms with Gasteiger partial charge in [0.1, 0.15) is 6.10 Å². The predicted molar refractivity (Wildman–Crippen MR) is 130 cm³/mol. The molecular weight excluding hydrogens is 396 g/mol. The van der Waals surface area contributed by atoms with Gasteiger partial charge in [0.2, 0.25) is 0 Å². The Hall–Kier alpha value is -0.570. The summed E-state index contributed by atoms with van der Waals surface area (Å²) in [5.41, 5.74) is -0.0885. The van der Waals surface area contributed by atoms with Crippen LogP contribution in [-0.2, 0) is 9.53 Å². The van der Waals surface area contributed by atoms with E-state index in [4.69, 9.17) is 4.74 Å². The summed E-state index contributed by atoms with van der Waals surface area (Å²) in [5, 5.41) is 12.4. The van der Waals surface area contributed by atoms with Crippen molar-refractivity contribution in [3.05, 3.63) is 0 Å². The van der Waals surface area contributed by atoms with Crippen molar-refractivity contribution in [2.75, 3.05) is 0 Å². The fourth-order valence-electron chi connectivity index (χ4n) is 9.53. The van der Waals surface area contributed by atoms with Crippen molar-refractivity contribution in [2.45, 2.75) is 130 Å². The van der Waals surface area contributed by atoms with Gasteiger partial charge in [0.15, 0.2) is 0 Å². The molecule has 0 bridgehead atoms. The van der Waals surface area contributed by atoms with Crippen LogP contribution < -0.4 is 0 Å². The Bertz CT molecular complexity index is 688. The van der Waals surface area contributed by atoms with E-state index in [1.165, 1.54) is 44.9 Å². The standard InChI is InChI=1S/C29H50O3/c1-19(2)8-7-9-20(3)24-14-17-29(31)26-11-10-22-18-23(32-21(4)30)12-15-27(22,5)25(26)13-16-28(24,29)6/h19-20,22-26,31H,7-18H2,1-6H3/t20-,22+,23+,24-,25+,26-,27+,28-,29-/m1/s1. The Morgan fingerprint density at radius 2 is 1.72 bits per heavy atom. The first-order valence-electron chi connectivity index (χ1n) is 13.9. The summed E-state index contributed by atoms with van der Waals surface area (Å²) in [6.07, 6.45) is 14.3. The van der Waals surface area contributed by atoms with Gasteiger partial charge in [0.05, 0.1) is 5.60 Å². The van der Waals surface area contributed by atoms with Crippen LogP contribution in [0.4, 0.5) is 0 Å². The molecule has 0 aromatic heterocycles. The Balaban J connectivity index is 1.48. The molecule has 0 saturated heterocycles. The highest BCUT2D eigenvalue weighted by atomic mass is 16.5. The van der Waals surface area contributed by atoms with Crippen molar-refractivity contribution >= 4 is 5.97 Å². The maximum Gasteiger partial charge on any atom is 0.302 e. The van der Waals surface area contributed by atoms with Gasteiger partial charge in [-0.15, -0.1) is 0 Å². The van der Waals surface area contributed by atoms with Crippen LogP contribution in [0.2, 0.25) is 0 Å². The van der Waals surface area contributed by atoms with Crippen LogP contribution in [0.25, 0.3) is 0 Å². The average Bonchev–Trinajstić information content (AvgIpc) is 2.99. The van der Waals surface area contributed by atoms with Crippen molar-refractivity contribution in [2.24, 2.45) is 46.3 Å². The summed E-state index contributed by atoms with van der Waals surface area (Å²) in [6, 6.07) is 0. The second kappa shape index (κ2) is 8.90. The van der Waals surface area contributed by atoms with E-state index >= 15 is 0 Å². The largest absolute Gasteiger partial charge is 0.463 e. The Kier molecular flexibility index (Phi) is 6.83. The van der Waals surface area contributed by atoms with Crippen LogP contribution in [-0.4, -0.2) is 22.8 Å². The van der Waals surface area contributed by atoms with Gasteiger partial charge < -0.3 is 9.84 Å². The van der Waals surface area contributed by atoms with Gasteiger partial charge in [0, 0.05) is 6.92 Å². The average molecular weight is 447 g/mol. The molecule has 4 aliphatic carbocycles. The molecule has 9 atom stereocenters. The topological polar surface area (TPSA) is 46.5 Å². The lowest BCUT2D eigenvalue weighted by atomic mass is 9.43. The van der Waals surface area contributed by atoms with E-state index in [9.17, 15) is 9.90 Å². The van der Waals surface area contributed by atoms with E-state index in [-0.39, 0.29) is 17.5 Å². The number of fused-ring (bicyclic) bond motifs is 5. The minimum Gasteiger partial charge on any atom is -0.463 e. The highest BCUT2D eigenvalue weighted by molar-refractivity contribution is 5.66. The first-order valence-corrected chi connectivity index (χ1v) is 13.9. The SMILES string of the molecule is CC(=O)O[C@H]1CC[C@@]2(C)[C@@H](CC[C@@H]3[C@@H]2CC[C@]2(C)[C@@H]([C@H](C)CCCC(C)C)CC[C@@]32O)C1. The molecule has 0 heterocycles. The number of hydrogen-bond donors (Lipinski definition) is 1. The highest BCUT2D eigenvalue weighted by Gasteiger charge is 2.67. The fraction of sp³-hybridized carbons (Fsp3) is 0.966. The number of hydrogen-bond acceptors (Lipinski definition) is 3. The summed E-state index contributed by atoms with van der Waals surface area (Å²) >= 11 is 0. The van der Waals surface area contributed by atoms with Crippen molar-refractivity contribution in [3.63, 3.8) is 0 Å². The van der Waals surface area contributed by atoms with Gasteiger partial charge in [-0.2, -0.15) is 0 Å².